The maximum atomic E-state index is 13.5. The summed E-state index contributed by atoms with van der Waals surface area (Å²) in [6, 6.07) is 0. The smallest absolute Gasteiger partial charge is 0.434 e. The fourth-order valence-electron chi connectivity index (χ4n) is 2.02. The summed E-state index contributed by atoms with van der Waals surface area (Å²) in [6.07, 6.45) is -3.09. The number of aromatic carboxylic acids is 2. The number of imidazole rings is 1. The monoisotopic (exact) mass is 383 g/mol. The molecule has 0 fully saturated rings. The van der Waals surface area contributed by atoms with E-state index in [1.165, 1.54) is 0 Å². The van der Waals surface area contributed by atoms with E-state index >= 15 is 0 Å². The zero-order chi connectivity index (χ0) is 19.2. The molecule has 2 aromatic heterocycles. The summed E-state index contributed by atoms with van der Waals surface area (Å²) in [5.74, 6) is -4.93. The van der Waals surface area contributed by atoms with Crippen LogP contribution in [0, 0.1) is 0 Å². The molecule has 7 nitrogen and oxygen atoms in total. The first-order valence-corrected chi connectivity index (χ1v) is 6.37. The number of carboxylic acids is 2. The van der Waals surface area contributed by atoms with E-state index < -0.39 is 51.7 Å². The summed E-state index contributed by atoms with van der Waals surface area (Å²) in [5, 5.41) is 17.8. The Bertz CT molecular complexity index is 796. The lowest BCUT2D eigenvalue weighted by molar-refractivity contribution is -0.255. The average Bonchev–Trinajstić information content (AvgIpc) is 2.96. The second-order valence-corrected chi connectivity index (χ2v) is 4.92. The number of nitrogens with zero attached hydrogens (tertiary/aromatic N) is 3. The van der Waals surface area contributed by atoms with E-state index in [2.05, 4.69) is 21.6 Å². The fraction of sp³-hybridized carbons (Fsp3) is 0.167. The fourth-order valence-corrected chi connectivity index (χ4v) is 2.16. The highest BCUT2D eigenvalue weighted by molar-refractivity contribution is 6.22. The number of carboxylic acid groups (broad SMARTS) is 2. The summed E-state index contributed by atoms with van der Waals surface area (Å²) in [7, 11) is 0. The highest BCUT2D eigenvalue weighted by Gasteiger charge is 2.43. The molecule has 0 bridgehead atoms. The van der Waals surface area contributed by atoms with Gasteiger partial charge >= 0.3 is 11.6 Å². The van der Waals surface area contributed by atoms with E-state index in [1.807, 2.05) is 0 Å². The molecule has 13 heteroatoms. The molecule has 0 saturated heterocycles. The Morgan fingerprint density at radius 2 is 1.56 bits per heavy atom. The van der Waals surface area contributed by atoms with Crippen LogP contribution in [0.15, 0.2) is 18.7 Å². The van der Waals surface area contributed by atoms with Gasteiger partial charge in [0.25, 0.3) is 0 Å². The molecule has 0 unspecified atom stereocenters. The number of hydrogen-bond donors (Lipinski definition) is 0. The molecule has 2 heterocycles. The number of alkyl halides is 6. The van der Waals surface area contributed by atoms with Crippen molar-refractivity contribution < 1.29 is 41.8 Å². The SMILES string of the molecule is O=C([O-])c1c(C(F)(F)F)nc(C(F)(F)Cl)c(C(=O)[O-])c1-n1ccnc1. The van der Waals surface area contributed by atoms with Crippen LogP contribution in [0.3, 0.4) is 0 Å². The van der Waals surface area contributed by atoms with Gasteiger partial charge < -0.3 is 24.4 Å². The minimum Gasteiger partial charge on any atom is -0.545 e. The van der Waals surface area contributed by atoms with Crippen molar-refractivity contribution >= 4 is 23.5 Å². The number of carbonyl (C=O) groups excluding carboxylic acids is 2. The van der Waals surface area contributed by atoms with Gasteiger partial charge in [-0.2, -0.15) is 22.0 Å². The second kappa shape index (κ2) is 5.95. The molecule has 0 amide bonds. The molecule has 0 aliphatic rings. The lowest BCUT2D eigenvalue weighted by atomic mass is 10.0. The van der Waals surface area contributed by atoms with E-state index in [0.29, 0.717) is 10.9 Å². The molecule has 0 aliphatic carbocycles. The van der Waals surface area contributed by atoms with Crippen LogP contribution in [0.1, 0.15) is 32.1 Å². The van der Waals surface area contributed by atoms with Gasteiger partial charge in [0.1, 0.15) is 5.69 Å². The molecule has 0 saturated carbocycles. The zero-order valence-electron chi connectivity index (χ0n) is 11.5. The highest BCUT2D eigenvalue weighted by atomic mass is 35.5. The van der Waals surface area contributed by atoms with Crippen molar-refractivity contribution in [2.75, 3.05) is 0 Å². The largest absolute Gasteiger partial charge is 0.545 e. The van der Waals surface area contributed by atoms with Crippen LogP contribution < -0.4 is 10.2 Å². The van der Waals surface area contributed by atoms with Gasteiger partial charge in [-0.05, 0) is 11.6 Å². The van der Waals surface area contributed by atoms with Crippen molar-refractivity contribution in [3.05, 3.63) is 41.2 Å². The van der Waals surface area contributed by atoms with Gasteiger partial charge in [-0.3, -0.25) is 0 Å². The van der Waals surface area contributed by atoms with Crippen LogP contribution in [-0.2, 0) is 11.6 Å². The molecule has 25 heavy (non-hydrogen) atoms. The predicted molar refractivity (Wildman–Crippen MR) is 64.8 cm³/mol. The van der Waals surface area contributed by atoms with Gasteiger partial charge in [0.2, 0.25) is 0 Å². The van der Waals surface area contributed by atoms with Crippen molar-refractivity contribution in [1.29, 1.82) is 0 Å². The Morgan fingerprint density at radius 3 is 1.92 bits per heavy atom. The van der Waals surface area contributed by atoms with Crippen molar-refractivity contribution in [3.63, 3.8) is 0 Å². The van der Waals surface area contributed by atoms with Crippen molar-refractivity contribution in [2.24, 2.45) is 0 Å². The highest BCUT2D eigenvalue weighted by Crippen LogP contribution is 2.41. The Balaban J connectivity index is 3.14. The Labute approximate surface area is 139 Å². The van der Waals surface area contributed by atoms with Crippen LogP contribution >= 0.6 is 11.6 Å². The summed E-state index contributed by atoms with van der Waals surface area (Å²) < 4.78 is 66.7. The summed E-state index contributed by atoms with van der Waals surface area (Å²) in [5.41, 5.74) is -9.10. The minimum absolute atomic E-state index is 0.458. The first-order chi connectivity index (χ1) is 11.4. The standard InChI is InChI=1S/C12H5ClF5N3O4/c13-11(14,15)7-4(9(22)23)6(21-2-1-19-3-21)5(10(24)25)8(20-7)12(16,17)18/h1-3H,(H,22,23)(H,24,25)/p-2. The molecule has 0 N–H and O–H groups in total. The van der Waals surface area contributed by atoms with Crippen molar-refractivity contribution in [1.82, 2.24) is 14.5 Å². The topological polar surface area (TPSA) is 111 Å². The van der Waals surface area contributed by atoms with E-state index in [4.69, 9.17) is 0 Å². The number of hydrogen-bond acceptors (Lipinski definition) is 6. The number of halogens is 6. The van der Waals surface area contributed by atoms with Crippen LogP contribution in [0.2, 0.25) is 0 Å². The van der Waals surface area contributed by atoms with E-state index in [9.17, 15) is 41.8 Å². The maximum Gasteiger partial charge on any atom is 0.434 e. The molecular formula is C12H3ClF5N3O4-2. The van der Waals surface area contributed by atoms with Crippen LogP contribution in [0.25, 0.3) is 5.69 Å². The van der Waals surface area contributed by atoms with Gasteiger partial charge in [-0.25, -0.2) is 9.97 Å². The van der Waals surface area contributed by atoms with Gasteiger partial charge in [-0.1, -0.05) is 0 Å². The Morgan fingerprint density at radius 1 is 1.04 bits per heavy atom. The lowest BCUT2D eigenvalue weighted by Crippen LogP contribution is -2.35. The predicted octanol–water partition coefficient (Wildman–Crippen LogP) is 0.301. The minimum atomic E-state index is -5.54. The third kappa shape index (κ3) is 3.38. The van der Waals surface area contributed by atoms with E-state index in [-0.39, 0.29) is 0 Å². The van der Waals surface area contributed by atoms with Gasteiger partial charge in [-0.15, -0.1) is 0 Å². The Kier molecular flexibility index (Phi) is 4.42. The summed E-state index contributed by atoms with van der Waals surface area (Å²) in [4.78, 5) is 28.3. The molecule has 0 radical (unpaired) electrons. The number of aromatic nitrogens is 3. The maximum absolute atomic E-state index is 13.5. The van der Waals surface area contributed by atoms with Gasteiger partial charge in [0.05, 0.1) is 35.1 Å². The van der Waals surface area contributed by atoms with Crippen LogP contribution in [0.4, 0.5) is 22.0 Å². The molecule has 0 aromatic carbocycles. The summed E-state index contributed by atoms with van der Waals surface area (Å²) >= 11 is 4.65. The lowest BCUT2D eigenvalue weighted by Gasteiger charge is -2.24. The molecule has 2 rings (SSSR count). The Hall–Kier alpha value is -2.76. The average molecular weight is 384 g/mol. The number of carbonyl (C=O) groups is 2. The molecule has 0 spiro atoms. The van der Waals surface area contributed by atoms with E-state index in [1.54, 1.807) is 0 Å². The first kappa shape index (κ1) is 18.6. The molecule has 134 valence electrons. The van der Waals surface area contributed by atoms with Crippen LogP contribution in [0.5, 0.6) is 0 Å². The van der Waals surface area contributed by atoms with Crippen molar-refractivity contribution in [2.45, 2.75) is 11.6 Å². The third-order valence-corrected chi connectivity index (χ3v) is 3.06. The molecular weight excluding hydrogens is 381 g/mol. The van der Waals surface area contributed by atoms with Crippen molar-refractivity contribution in [3.8, 4) is 5.69 Å². The molecule has 0 aliphatic heterocycles. The third-order valence-electron chi connectivity index (χ3n) is 2.88. The van der Waals surface area contributed by atoms with E-state index in [0.717, 1.165) is 12.4 Å². The number of pyridine rings is 1. The molecule has 2 aromatic rings. The first-order valence-electron chi connectivity index (χ1n) is 5.99. The quantitative estimate of drug-likeness (QED) is 0.554. The van der Waals surface area contributed by atoms with Gasteiger partial charge in [0.15, 0.2) is 5.69 Å². The molecule has 0 atom stereocenters. The second-order valence-electron chi connectivity index (χ2n) is 4.45. The number of rotatable bonds is 4. The summed E-state index contributed by atoms with van der Waals surface area (Å²) in [6.45, 7) is 0. The van der Waals surface area contributed by atoms with Gasteiger partial charge in [0, 0.05) is 12.4 Å². The normalized spacial score (nSPS) is 12.2. The van der Waals surface area contributed by atoms with Crippen LogP contribution in [-0.4, -0.2) is 26.5 Å². The zero-order valence-corrected chi connectivity index (χ0v) is 12.2.